The Morgan fingerprint density at radius 3 is 2.33 bits per heavy atom. The van der Waals surface area contributed by atoms with Crippen LogP contribution in [0, 0.1) is 5.41 Å². The molecule has 1 aliphatic heterocycles. The van der Waals surface area contributed by atoms with Crippen molar-refractivity contribution in [3.8, 4) is 0 Å². The monoisotopic (exact) mass is 326 g/mol. The van der Waals surface area contributed by atoms with Crippen LogP contribution in [0.3, 0.4) is 0 Å². The Morgan fingerprint density at radius 2 is 1.79 bits per heavy atom. The average Bonchev–Trinajstić information content (AvgIpc) is 2.59. The molecule has 1 N–H and O–H groups in total. The lowest BCUT2D eigenvalue weighted by atomic mass is 9.86. The topological polar surface area (TPSA) is 45.6 Å². The Hall–Kier alpha value is -1.75. The van der Waals surface area contributed by atoms with Gasteiger partial charge in [0.2, 0.25) is 0 Å². The molecule has 0 aliphatic carbocycles. The van der Waals surface area contributed by atoms with Gasteiger partial charge in [-0.2, -0.15) is 0 Å². The number of aromatic nitrogens is 1. The first-order valence-corrected chi connectivity index (χ1v) is 8.61. The number of hydrogen-bond donors (Lipinski definition) is 1. The molecule has 4 nitrogen and oxygen atoms in total. The summed E-state index contributed by atoms with van der Waals surface area (Å²) in [5, 5.41) is 9.77. The minimum absolute atomic E-state index is 0.119. The van der Waals surface area contributed by atoms with Gasteiger partial charge in [0, 0.05) is 32.0 Å². The fourth-order valence-electron chi connectivity index (χ4n) is 3.15. The van der Waals surface area contributed by atoms with Crippen LogP contribution in [0.1, 0.15) is 23.6 Å². The lowest BCUT2D eigenvalue weighted by molar-refractivity contribution is -0.150. The molecule has 2 heterocycles. The van der Waals surface area contributed by atoms with Gasteiger partial charge in [0.15, 0.2) is 0 Å². The van der Waals surface area contributed by atoms with Crippen molar-refractivity contribution in [3.63, 3.8) is 0 Å². The molecule has 2 aromatic rings. The molecule has 0 bridgehead atoms. The summed E-state index contributed by atoms with van der Waals surface area (Å²) in [5.74, 6) is 0. The smallest absolute Gasteiger partial charge is 0.0579 e. The van der Waals surface area contributed by atoms with E-state index in [1.54, 1.807) is 6.20 Å². The second kappa shape index (κ2) is 7.88. The molecule has 0 unspecified atom stereocenters. The number of aliphatic hydroxyl groups excluding tert-OH is 1. The summed E-state index contributed by atoms with van der Waals surface area (Å²) in [7, 11) is 0. The van der Waals surface area contributed by atoms with Crippen molar-refractivity contribution < 1.29 is 9.84 Å². The number of rotatable bonds is 8. The Balaban J connectivity index is 1.72. The molecule has 128 valence electrons. The molecular formula is C20H26N2O2. The summed E-state index contributed by atoms with van der Waals surface area (Å²) in [6.07, 6.45) is 4.77. The zero-order chi connectivity index (χ0) is 16.8. The number of ether oxygens (including phenoxy) is 1. The predicted octanol–water partition coefficient (Wildman–Crippen LogP) is 2.66. The summed E-state index contributed by atoms with van der Waals surface area (Å²) < 4.78 is 5.36. The van der Waals surface area contributed by atoms with Crippen LogP contribution >= 0.6 is 0 Å². The summed E-state index contributed by atoms with van der Waals surface area (Å²) in [4.78, 5) is 6.60. The summed E-state index contributed by atoms with van der Waals surface area (Å²) in [5.41, 5.74) is 3.73. The largest absolute Gasteiger partial charge is 0.396 e. The van der Waals surface area contributed by atoms with Crippen LogP contribution in [0.25, 0.3) is 0 Å². The maximum absolute atomic E-state index is 9.77. The van der Waals surface area contributed by atoms with Gasteiger partial charge in [-0.3, -0.25) is 9.88 Å². The van der Waals surface area contributed by atoms with Crippen molar-refractivity contribution in [3.05, 3.63) is 65.5 Å². The fraction of sp³-hybridized carbons (Fsp3) is 0.450. The number of hydrogen-bond acceptors (Lipinski definition) is 4. The fourth-order valence-corrected chi connectivity index (χ4v) is 3.15. The van der Waals surface area contributed by atoms with Gasteiger partial charge in [-0.25, -0.2) is 0 Å². The van der Waals surface area contributed by atoms with E-state index in [1.807, 2.05) is 12.3 Å². The standard InChI is InChI=1S/C20H26N2O2/c1-2-17-5-7-18(8-6-17)11-22(12-19-4-3-9-21-10-19)13-20(14-23)15-24-16-20/h3-10,23H,2,11-16H2,1H3. The first-order valence-electron chi connectivity index (χ1n) is 8.61. The van der Waals surface area contributed by atoms with E-state index in [2.05, 4.69) is 47.1 Å². The van der Waals surface area contributed by atoms with E-state index in [4.69, 9.17) is 4.74 Å². The lowest BCUT2D eigenvalue weighted by Gasteiger charge is -2.43. The van der Waals surface area contributed by atoms with Crippen molar-refractivity contribution in [2.45, 2.75) is 26.4 Å². The second-order valence-corrected chi connectivity index (χ2v) is 6.83. The minimum Gasteiger partial charge on any atom is -0.396 e. The summed E-state index contributed by atoms with van der Waals surface area (Å²) in [6.45, 7) is 6.14. The zero-order valence-corrected chi connectivity index (χ0v) is 14.3. The van der Waals surface area contributed by atoms with E-state index in [9.17, 15) is 5.11 Å². The van der Waals surface area contributed by atoms with Gasteiger partial charge in [-0.15, -0.1) is 0 Å². The third-order valence-corrected chi connectivity index (χ3v) is 4.68. The SMILES string of the molecule is CCc1ccc(CN(Cc2cccnc2)CC2(CO)COC2)cc1. The molecule has 3 rings (SSSR count). The van der Waals surface area contributed by atoms with Crippen molar-refractivity contribution in [1.82, 2.24) is 9.88 Å². The molecular weight excluding hydrogens is 300 g/mol. The minimum atomic E-state index is -0.119. The highest BCUT2D eigenvalue weighted by atomic mass is 16.5. The number of aliphatic hydroxyl groups is 1. The Kier molecular flexibility index (Phi) is 5.61. The van der Waals surface area contributed by atoms with Crippen LogP contribution in [0.15, 0.2) is 48.8 Å². The van der Waals surface area contributed by atoms with Crippen LogP contribution < -0.4 is 0 Å². The highest BCUT2D eigenvalue weighted by Crippen LogP contribution is 2.29. The van der Waals surface area contributed by atoms with Gasteiger partial charge < -0.3 is 9.84 Å². The molecule has 0 saturated carbocycles. The third kappa shape index (κ3) is 4.20. The van der Waals surface area contributed by atoms with Gasteiger partial charge in [-0.05, 0) is 29.2 Å². The predicted molar refractivity (Wildman–Crippen MR) is 94.5 cm³/mol. The van der Waals surface area contributed by atoms with Crippen molar-refractivity contribution in [1.29, 1.82) is 0 Å². The first-order chi connectivity index (χ1) is 11.7. The Morgan fingerprint density at radius 1 is 1.08 bits per heavy atom. The maximum Gasteiger partial charge on any atom is 0.0579 e. The summed E-state index contributed by atoms with van der Waals surface area (Å²) in [6, 6.07) is 12.9. The van der Waals surface area contributed by atoms with Crippen LogP contribution in [0.2, 0.25) is 0 Å². The molecule has 0 atom stereocenters. The van der Waals surface area contributed by atoms with Crippen LogP contribution in [0.4, 0.5) is 0 Å². The van der Waals surface area contributed by atoms with E-state index >= 15 is 0 Å². The third-order valence-electron chi connectivity index (χ3n) is 4.68. The molecule has 4 heteroatoms. The van der Waals surface area contributed by atoms with E-state index in [0.717, 1.165) is 26.1 Å². The van der Waals surface area contributed by atoms with Gasteiger partial charge in [0.25, 0.3) is 0 Å². The quantitative estimate of drug-likeness (QED) is 0.810. The van der Waals surface area contributed by atoms with Crippen molar-refractivity contribution >= 4 is 0 Å². The lowest BCUT2D eigenvalue weighted by Crippen LogP contribution is -2.53. The number of nitrogens with zero attached hydrogens (tertiary/aromatic N) is 2. The highest BCUT2D eigenvalue weighted by Gasteiger charge is 2.39. The van der Waals surface area contributed by atoms with Crippen LogP contribution in [-0.2, 0) is 24.2 Å². The maximum atomic E-state index is 9.77. The van der Waals surface area contributed by atoms with Crippen LogP contribution in [-0.4, -0.2) is 41.4 Å². The molecule has 1 saturated heterocycles. The molecule has 0 amide bonds. The van der Waals surface area contributed by atoms with E-state index in [-0.39, 0.29) is 12.0 Å². The van der Waals surface area contributed by atoms with Crippen LogP contribution in [0.5, 0.6) is 0 Å². The Bertz CT molecular complexity index is 618. The molecule has 1 aromatic carbocycles. The van der Waals surface area contributed by atoms with Crippen molar-refractivity contribution in [2.75, 3.05) is 26.4 Å². The van der Waals surface area contributed by atoms with E-state index in [0.29, 0.717) is 13.2 Å². The molecule has 1 aromatic heterocycles. The number of aryl methyl sites for hydroxylation is 1. The normalized spacial score (nSPS) is 16.1. The number of benzene rings is 1. The molecule has 1 aliphatic rings. The van der Waals surface area contributed by atoms with Gasteiger partial charge >= 0.3 is 0 Å². The zero-order valence-electron chi connectivity index (χ0n) is 14.3. The Labute approximate surface area is 144 Å². The van der Waals surface area contributed by atoms with E-state index < -0.39 is 0 Å². The second-order valence-electron chi connectivity index (χ2n) is 6.83. The molecule has 24 heavy (non-hydrogen) atoms. The summed E-state index contributed by atoms with van der Waals surface area (Å²) >= 11 is 0. The first kappa shape index (κ1) is 17.1. The van der Waals surface area contributed by atoms with Gasteiger partial charge in [0.05, 0.1) is 25.2 Å². The number of pyridine rings is 1. The molecule has 0 spiro atoms. The average molecular weight is 326 g/mol. The highest BCUT2D eigenvalue weighted by molar-refractivity contribution is 5.22. The molecule has 0 radical (unpaired) electrons. The van der Waals surface area contributed by atoms with Gasteiger partial charge in [-0.1, -0.05) is 37.3 Å². The van der Waals surface area contributed by atoms with Gasteiger partial charge in [0.1, 0.15) is 0 Å². The van der Waals surface area contributed by atoms with E-state index in [1.165, 1.54) is 16.7 Å². The molecule has 1 fully saturated rings. The van der Waals surface area contributed by atoms with Crippen molar-refractivity contribution in [2.24, 2.45) is 5.41 Å².